The van der Waals surface area contributed by atoms with Crippen LogP contribution >= 0.6 is 11.8 Å². The molecule has 1 fully saturated rings. The lowest BCUT2D eigenvalue weighted by Crippen LogP contribution is -2.31. The van der Waals surface area contributed by atoms with E-state index in [1.54, 1.807) is 6.07 Å². The van der Waals surface area contributed by atoms with Gasteiger partial charge in [0.15, 0.2) is 11.5 Å². The van der Waals surface area contributed by atoms with Gasteiger partial charge in [0.1, 0.15) is 0 Å². The Kier molecular flexibility index (Phi) is 4.03. The molecule has 0 aromatic carbocycles. The van der Waals surface area contributed by atoms with E-state index in [9.17, 15) is 4.79 Å². The number of amides is 1. The van der Waals surface area contributed by atoms with E-state index in [4.69, 9.17) is 10.4 Å². The summed E-state index contributed by atoms with van der Waals surface area (Å²) in [7, 11) is 2.06. The van der Waals surface area contributed by atoms with Crippen LogP contribution in [0.25, 0.3) is 0 Å². The Morgan fingerprint density at radius 1 is 1.82 bits per heavy atom. The van der Waals surface area contributed by atoms with Gasteiger partial charge >= 0.3 is 0 Å². The molecule has 1 saturated heterocycles. The molecule has 2 rings (SSSR count). The van der Waals surface area contributed by atoms with Crippen LogP contribution in [-0.2, 0) is 6.54 Å². The summed E-state index contributed by atoms with van der Waals surface area (Å²) in [6.07, 6.45) is 1.20. The number of nitrogens with zero attached hydrogens (tertiary/aromatic N) is 2. The average molecular weight is 256 g/mol. The van der Waals surface area contributed by atoms with Crippen LogP contribution in [0.3, 0.4) is 0 Å². The fourth-order valence-corrected chi connectivity index (χ4v) is 3.11. The highest BCUT2D eigenvalue weighted by Crippen LogP contribution is 2.22. The first kappa shape index (κ1) is 12.4. The molecule has 1 aliphatic rings. The molecule has 7 heteroatoms. The van der Waals surface area contributed by atoms with Gasteiger partial charge in [0.25, 0.3) is 5.91 Å². The van der Waals surface area contributed by atoms with Crippen LogP contribution in [0.1, 0.15) is 22.7 Å². The number of aromatic nitrogens is 1. The minimum absolute atomic E-state index is 0.219. The zero-order valence-corrected chi connectivity index (χ0v) is 10.5. The van der Waals surface area contributed by atoms with Crippen LogP contribution < -0.4 is 11.3 Å². The van der Waals surface area contributed by atoms with Crippen molar-refractivity contribution in [1.29, 1.82) is 0 Å². The van der Waals surface area contributed by atoms with E-state index in [0.29, 0.717) is 18.3 Å². The largest absolute Gasteiger partial charge is 0.359 e. The molecule has 17 heavy (non-hydrogen) atoms. The Labute approximate surface area is 104 Å². The summed E-state index contributed by atoms with van der Waals surface area (Å²) in [6, 6.07) is 2.21. The number of nitrogens with two attached hydrogens (primary N) is 1. The molecule has 1 amide bonds. The fraction of sp³-hybridized carbons (Fsp3) is 0.600. The number of hydrazine groups is 1. The maximum Gasteiger partial charge on any atom is 0.287 e. The molecule has 1 aliphatic heterocycles. The summed E-state index contributed by atoms with van der Waals surface area (Å²) in [5, 5.41) is 3.67. The number of nitrogen functional groups attached to an aromatic ring is 1. The minimum atomic E-state index is -0.431. The molecule has 94 valence electrons. The number of rotatable bonds is 4. The smallest absolute Gasteiger partial charge is 0.287 e. The second-order valence-corrected chi connectivity index (χ2v) is 5.23. The Hall–Kier alpha value is -1.05. The third kappa shape index (κ3) is 2.99. The third-order valence-electron chi connectivity index (χ3n) is 2.86. The minimum Gasteiger partial charge on any atom is -0.359 e. The molecule has 3 N–H and O–H groups in total. The number of carbonyl (C=O) groups is 1. The quantitative estimate of drug-likeness (QED) is 0.455. The van der Waals surface area contributed by atoms with E-state index in [-0.39, 0.29) is 5.69 Å². The van der Waals surface area contributed by atoms with Crippen LogP contribution in [0.5, 0.6) is 0 Å². The van der Waals surface area contributed by atoms with Crippen molar-refractivity contribution in [1.82, 2.24) is 15.5 Å². The Bertz CT molecular complexity index is 389. The molecule has 0 saturated carbocycles. The van der Waals surface area contributed by atoms with Gasteiger partial charge in [-0.25, -0.2) is 5.84 Å². The third-order valence-corrected chi connectivity index (χ3v) is 4.00. The lowest BCUT2D eigenvalue weighted by Gasteiger charge is -2.21. The molecule has 1 atom stereocenters. The summed E-state index contributed by atoms with van der Waals surface area (Å²) < 4.78 is 5.10. The molecular formula is C10H16N4O2S. The fourth-order valence-electron chi connectivity index (χ4n) is 1.81. The predicted octanol–water partition coefficient (Wildman–Crippen LogP) is 0.215. The van der Waals surface area contributed by atoms with Gasteiger partial charge in [0.2, 0.25) is 0 Å². The monoisotopic (exact) mass is 256 g/mol. The van der Waals surface area contributed by atoms with E-state index < -0.39 is 5.91 Å². The van der Waals surface area contributed by atoms with Crippen molar-refractivity contribution < 1.29 is 9.32 Å². The maximum absolute atomic E-state index is 11.2. The van der Waals surface area contributed by atoms with E-state index in [1.807, 2.05) is 17.2 Å². The van der Waals surface area contributed by atoms with Gasteiger partial charge in [-0.05, 0) is 19.2 Å². The summed E-state index contributed by atoms with van der Waals surface area (Å²) >= 11 is 1.97. The van der Waals surface area contributed by atoms with Gasteiger partial charge in [-0.1, -0.05) is 5.16 Å². The van der Waals surface area contributed by atoms with E-state index >= 15 is 0 Å². The number of thioether (sulfide) groups is 1. The van der Waals surface area contributed by atoms with Crippen LogP contribution in [-0.4, -0.2) is 40.6 Å². The lowest BCUT2D eigenvalue weighted by atomic mass is 10.2. The molecule has 0 radical (unpaired) electrons. The molecule has 1 aromatic heterocycles. The molecule has 0 bridgehead atoms. The molecule has 6 nitrogen and oxygen atoms in total. The highest BCUT2D eigenvalue weighted by Gasteiger charge is 2.21. The Morgan fingerprint density at radius 3 is 3.29 bits per heavy atom. The van der Waals surface area contributed by atoms with E-state index in [0.717, 1.165) is 5.75 Å². The summed E-state index contributed by atoms with van der Waals surface area (Å²) in [5.74, 6) is 7.64. The molecule has 0 spiro atoms. The number of hydrogen-bond donors (Lipinski definition) is 2. The Balaban J connectivity index is 1.94. The van der Waals surface area contributed by atoms with Gasteiger partial charge in [-0.15, -0.1) is 0 Å². The second kappa shape index (κ2) is 5.52. The predicted molar refractivity (Wildman–Crippen MR) is 65.4 cm³/mol. The highest BCUT2D eigenvalue weighted by molar-refractivity contribution is 7.99. The lowest BCUT2D eigenvalue weighted by molar-refractivity contribution is 0.0944. The first-order valence-corrected chi connectivity index (χ1v) is 6.60. The number of nitrogens with one attached hydrogen (secondary N) is 1. The summed E-state index contributed by atoms with van der Waals surface area (Å²) in [6.45, 7) is 0.663. The van der Waals surface area contributed by atoms with E-state index in [1.165, 1.54) is 12.2 Å². The molecule has 0 aliphatic carbocycles. The van der Waals surface area contributed by atoms with Crippen LogP contribution in [0.15, 0.2) is 10.6 Å². The van der Waals surface area contributed by atoms with Crippen molar-refractivity contribution in [2.75, 3.05) is 18.6 Å². The summed E-state index contributed by atoms with van der Waals surface area (Å²) in [4.78, 5) is 13.4. The van der Waals surface area contributed by atoms with Gasteiger partial charge in [0.05, 0.1) is 6.54 Å². The second-order valence-electron chi connectivity index (χ2n) is 4.08. The van der Waals surface area contributed by atoms with Gasteiger partial charge in [-0.3, -0.25) is 15.1 Å². The zero-order chi connectivity index (χ0) is 12.3. The SMILES string of the molecule is CN(Cc1cc(C(=O)NN)no1)C1CCSC1. The zero-order valence-electron chi connectivity index (χ0n) is 9.68. The van der Waals surface area contributed by atoms with Crippen molar-refractivity contribution in [2.24, 2.45) is 5.84 Å². The van der Waals surface area contributed by atoms with Crippen molar-refractivity contribution >= 4 is 17.7 Å². The van der Waals surface area contributed by atoms with Gasteiger partial charge < -0.3 is 4.52 Å². The Morgan fingerprint density at radius 2 is 2.65 bits per heavy atom. The normalized spacial score (nSPS) is 19.8. The highest BCUT2D eigenvalue weighted by atomic mass is 32.2. The standard InChI is InChI=1S/C10H16N4O2S/c1-14(7-2-3-17-6-7)5-8-4-9(13-16-8)10(15)12-11/h4,7H,2-3,5-6,11H2,1H3,(H,12,15). The number of carbonyl (C=O) groups excluding carboxylic acids is 1. The first-order valence-electron chi connectivity index (χ1n) is 5.45. The molecule has 1 aromatic rings. The van der Waals surface area contributed by atoms with E-state index in [2.05, 4.69) is 17.1 Å². The van der Waals surface area contributed by atoms with Crippen molar-refractivity contribution in [3.63, 3.8) is 0 Å². The van der Waals surface area contributed by atoms with Crippen LogP contribution in [0.2, 0.25) is 0 Å². The average Bonchev–Trinajstić information content (AvgIpc) is 2.98. The van der Waals surface area contributed by atoms with Crippen LogP contribution in [0.4, 0.5) is 0 Å². The topological polar surface area (TPSA) is 84.4 Å². The first-order chi connectivity index (χ1) is 8.20. The molecule has 2 heterocycles. The molecular weight excluding hydrogens is 240 g/mol. The van der Waals surface area contributed by atoms with Crippen molar-refractivity contribution in [2.45, 2.75) is 19.0 Å². The van der Waals surface area contributed by atoms with Crippen LogP contribution in [0, 0.1) is 0 Å². The summed E-state index contributed by atoms with van der Waals surface area (Å²) in [5.41, 5.74) is 2.24. The van der Waals surface area contributed by atoms with Crippen molar-refractivity contribution in [3.05, 3.63) is 17.5 Å². The van der Waals surface area contributed by atoms with Crippen molar-refractivity contribution in [3.8, 4) is 0 Å². The van der Waals surface area contributed by atoms with Gasteiger partial charge in [-0.2, -0.15) is 11.8 Å². The number of hydrogen-bond acceptors (Lipinski definition) is 6. The molecule has 1 unspecified atom stereocenters. The van der Waals surface area contributed by atoms with Gasteiger partial charge in [0, 0.05) is 17.9 Å². The maximum atomic E-state index is 11.2.